The number of carbonyl (C=O) groups is 1. The van der Waals surface area contributed by atoms with Crippen molar-refractivity contribution >= 4 is 12.1 Å². The summed E-state index contributed by atoms with van der Waals surface area (Å²) < 4.78 is 0. The van der Waals surface area contributed by atoms with Crippen molar-refractivity contribution in [2.45, 2.75) is 19.8 Å². The Morgan fingerprint density at radius 2 is 1.90 bits per heavy atom. The number of hydrogen-bond acceptors (Lipinski definition) is 3. The molecule has 0 aliphatic carbocycles. The Labute approximate surface area is 124 Å². The van der Waals surface area contributed by atoms with Gasteiger partial charge < -0.3 is 5.11 Å². The van der Waals surface area contributed by atoms with Crippen molar-refractivity contribution in [3.8, 4) is 5.75 Å². The Morgan fingerprint density at radius 3 is 2.52 bits per heavy atom. The zero-order valence-corrected chi connectivity index (χ0v) is 12.1. The SMILES string of the molecule is CC(C)c1ccc(C(=O)N/N=C/c2cccc(O)c2)cc1. The molecule has 0 spiro atoms. The van der Waals surface area contributed by atoms with Gasteiger partial charge in [0.2, 0.25) is 0 Å². The zero-order valence-electron chi connectivity index (χ0n) is 12.1. The van der Waals surface area contributed by atoms with Gasteiger partial charge in [0.05, 0.1) is 6.21 Å². The largest absolute Gasteiger partial charge is 0.508 e. The molecule has 0 aliphatic heterocycles. The summed E-state index contributed by atoms with van der Waals surface area (Å²) in [5, 5.41) is 13.2. The number of amides is 1. The van der Waals surface area contributed by atoms with Gasteiger partial charge in [-0.05, 0) is 41.3 Å². The van der Waals surface area contributed by atoms with Gasteiger partial charge in [0.15, 0.2) is 0 Å². The molecule has 21 heavy (non-hydrogen) atoms. The molecule has 0 heterocycles. The first-order valence-corrected chi connectivity index (χ1v) is 6.78. The second-order valence-electron chi connectivity index (χ2n) is 5.07. The van der Waals surface area contributed by atoms with Crippen LogP contribution in [0.25, 0.3) is 0 Å². The van der Waals surface area contributed by atoms with Crippen molar-refractivity contribution in [3.63, 3.8) is 0 Å². The van der Waals surface area contributed by atoms with Gasteiger partial charge in [0.25, 0.3) is 5.91 Å². The molecular weight excluding hydrogens is 264 g/mol. The third kappa shape index (κ3) is 4.18. The van der Waals surface area contributed by atoms with Gasteiger partial charge in [-0.3, -0.25) is 4.79 Å². The minimum atomic E-state index is -0.262. The molecule has 2 rings (SSSR count). The van der Waals surface area contributed by atoms with Gasteiger partial charge in [-0.1, -0.05) is 38.1 Å². The molecular formula is C17H18N2O2. The number of rotatable bonds is 4. The number of carbonyl (C=O) groups excluding carboxylic acids is 1. The molecule has 0 saturated heterocycles. The standard InChI is InChI=1S/C17H18N2O2/c1-12(2)14-6-8-15(9-7-14)17(21)19-18-11-13-4-3-5-16(20)10-13/h3-12,20H,1-2H3,(H,19,21)/b18-11+. The average molecular weight is 282 g/mol. The average Bonchev–Trinajstić information content (AvgIpc) is 2.47. The molecule has 1 amide bonds. The molecule has 0 fully saturated rings. The van der Waals surface area contributed by atoms with Gasteiger partial charge >= 0.3 is 0 Å². The third-order valence-electron chi connectivity index (χ3n) is 3.09. The summed E-state index contributed by atoms with van der Waals surface area (Å²) in [6, 6.07) is 14.1. The molecule has 0 atom stereocenters. The van der Waals surface area contributed by atoms with E-state index in [4.69, 9.17) is 0 Å². The lowest BCUT2D eigenvalue weighted by molar-refractivity contribution is 0.0955. The summed E-state index contributed by atoms with van der Waals surface area (Å²) in [6.07, 6.45) is 1.49. The summed E-state index contributed by atoms with van der Waals surface area (Å²) >= 11 is 0. The normalized spacial score (nSPS) is 11.0. The fourth-order valence-electron chi connectivity index (χ4n) is 1.85. The molecule has 2 N–H and O–H groups in total. The Morgan fingerprint density at radius 1 is 1.19 bits per heavy atom. The number of nitrogens with one attached hydrogen (secondary N) is 1. The van der Waals surface area contributed by atoms with Crippen molar-refractivity contribution in [1.29, 1.82) is 0 Å². The summed E-state index contributed by atoms with van der Waals surface area (Å²) in [6.45, 7) is 4.21. The van der Waals surface area contributed by atoms with Gasteiger partial charge in [0.1, 0.15) is 5.75 Å². The number of phenols is 1. The smallest absolute Gasteiger partial charge is 0.271 e. The van der Waals surface area contributed by atoms with Gasteiger partial charge in [0, 0.05) is 5.56 Å². The second kappa shape index (κ2) is 6.70. The van der Waals surface area contributed by atoms with E-state index in [1.54, 1.807) is 36.4 Å². The van der Waals surface area contributed by atoms with E-state index in [-0.39, 0.29) is 11.7 Å². The third-order valence-corrected chi connectivity index (χ3v) is 3.09. The molecule has 0 radical (unpaired) electrons. The highest BCUT2D eigenvalue weighted by molar-refractivity contribution is 5.94. The summed E-state index contributed by atoms with van der Waals surface area (Å²) in [5.74, 6) is 0.335. The lowest BCUT2D eigenvalue weighted by atomic mass is 10.0. The van der Waals surface area contributed by atoms with Gasteiger partial charge in [-0.25, -0.2) is 5.43 Å². The molecule has 0 aliphatic rings. The van der Waals surface area contributed by atoms with E-state index in [1.807, 2.05) is 12.1 Å². The molecule has 0 unspecified atom stereocenters. The number of aromatic hydroxyl groups is 1. The van der Waals surface area contributed by atoms with Crippen molar-refractivity contribution in [2.24, 2.45) is 5.10 Å². The van der Waals surface area contributed by atoms with E-state index < -0.39 is 0 Å². The van der Waals surface area contributed by atoms with Crippen molar-refractivity contribution in [1.82, 2.24) is 5.43 Å². The number of hydrogen-bond donors (Lipinski definition) is 2. The highest BCUT2D eigenvalue weighted by atomic mass is 16.3. The van der Waals surface area contributed by atoms with Crippen molar-refractivity contribution < 1.29 is 9.90 Å². The Balaban J connectivity index is 1.98. The number of nitrogens with zero attached hydrogens (tertiary/aromatic N) is 1. The lowest BCUT2D eigenvalue weighted by Gasteiger charge is -2.05. The minimum absolute atomic E-state index is 0.162. The van der Waals surface area contributed by atoms with Crippen LogP contribution in [0.2, 0.25) is 0 Å². The minimum Gasteiger partial charge on any atom is -0.508 e. The first kappa shape index (κ1) is 14.8. The van der Waals surface area contributed by atoms with Crippen LogP contribution in [0.5, 0.6) is 5.75 Å². The zero-order chi connectivity index (χ0) is 15.2. The topological polar surface area (TPSA) is 61.7 Å². The Kier molecular flexibility index (Phi) is 4.72. The lowest BCUT2D eigenvalue weighted by Crippen LogP contribution is -2.17. The van der Waals surface area contributed by atoms with Crippen molar-refractivity contribution in [2.75, 3.05) is 0 Å². The van der Waals surface area contributed by atoms with E-state index in [0.29, 0.717) is 17.0 Å². The molecule has 0 aromatic heterocycles. The van der Waals surface area contributed by atoms with Crippen LogP contribution < -0.4 is 5.43 Å². The van der Waals surface area contributed by atoms with E-state index in [1.165, 1.54) is 11.8 Å². The first-order chi connectivity index (χ1) is 10.1. The highest BCUT2D eigenvalue weighted by Crippen LogP contribution is 2.14. The maximum Gasteiger partial charge on any atom is 0.271 e. The predicted molar refractivity (Wildman–Crippen MR) is 83.7 cm³/mol. The monoisotopic (exact) mass is 282 g/mol. The molecule has 2 aromatic rings. The van der Waals surface area contributed by atoms with Gasteiger partial charge in [-0.2, -0.15) is 5.10 Å². The summed E-state index contributed by atoms with van der Waals surface area (Å²) in [7, 11) is 0. The molecule has 2 aromatic carbocycles. The van der Waals surface area contributed by atoms with E-state index in [2.05, 4.69) is 24.4 Å². The predicted octanol–water partition coefficient (Wildman–Crippen LogP) is 3.28. The molecule has 108 valence electrons. The van der Waals surface area contributed by atoms with Gasteiger partial charge in [-0.15, -0.1) is 0 Å². The fourth-order valence-corrected chi connectivity index (χ4v) is 1.85. The first-order valence-electron chi connectivity index (χ1n) is 6.78. The molecule has 0 bridgehead atoms. The Bertz CT molecular complexity index is 646. The number of phenolic OH excluding ortho intramolecular Hbond substituents is 1. The van der Waals surface area contributed by atoms with Crippen LogP contribution in [-0.4, -0.2) is 17.2 Å². The molecule has 0 saturated carbocycles. The van der Waals surface area contributed by atoms with E-state index in [9.17, 15) is 9.90 Å². The number of benzene rings is 2. The van der Waals surface area contributed by atoms with Crippen molar-refractivity contribution in [3.05, 3.63) is 65.2 Å². The maximum atomic E-state index is 11.9. The Hall–Kier alpha value is -2.62. The maximum absolute atomic E-state index is 11.9. The summed E-state index contributed by atoms with van der Waals surface area (Å²) in [4.78, 5) is 11.9. The van der Waals surface area contributed by atoms with Crippen LogP contribution in [0, 0.1) is 0 Å². The van der Waals surface area contributed by atoms with Crippen LogP contribution in [0.4, 0.5) is 0 Å². The van der Waals surface area contributed by atoms with Crippen LogP contribution >= 0.6 is 0 Å². The fraction of sp³-hybridized carbons (Fsp3) is 0.176. The summed E-state index contributed by atoms with van der Waals surface area (Å²) in [5.41, 5.74) is 4.93. The second-order valence-corrected chi connectivity index (χ2v) is 5.07. The highest BCUT2D eigenvalue weighted by Gasteiger charge is 2.05. The molecule has 4 heteroatoms. The van der Waals surface area contributed by atoms with E-state index >= 15 is 0 Å². The van der Waals surface area contributed by atoms with Crippen LogP contribution in [0.1, 0.15) is 41.3 Å². The van der Waals surface area contributed by atoms with E-state index in [0.717, 1.165) is 0 Å². The number of hydrazone groups is 1. The van der Waals surface area contributed by atoms with Crippen LogP contribution in [-0.2, 0) is 0 Å². The van der Waals surface area contributed by atoms with Crippen LogP contribution in [0.3, 0.4) is 0 Å². The quantitative estimate of drug-likeness (QED) is 0.667. The van der Waals surface area contributed by atoms with Crippen LogP contribution in [0.15, 0.2) is 53.6 Å². The molecule has 4 nitrogen and oxygen atoms in total.